The third-order valence-corrected chi connectivity index (χ3v) is 9.88. The first-order chi connectivity index (χ1) is 27.5. The van der Waals surface area contributed by atoms with Crippen LogP contribution in [0.2, 0.25) is 0 Å². The van der Waals surface area contributed by atoms with Crippen molar-refractivity contribution >= 4 is 12.1 Å². The summed E-state index contributed by atoms with van der Waals surface area (Å²) in [5.41, 5.74) is 2.96. The minimum Gasteiger partial charge on any atom is -0.445 e. The van der Waals surface area contributed by atoms with E-state index in [1.807, 2.05) is 42.5 Å². The Balaban J connectivity index is 1.02. The van der Waals surface area contributed by atoms with Gasteiger partial charge in [-0.15, -0.1) is 0 Å². The number of alkyl carbamates (subject to hydrolysis) is 1. The molecular weight excluding hydrogens is 726 g/mol. The normalized spacial score (nSPS) is 19.1. The highest BCUT2D eigenvalue weighted by Crippen LogP contribution is 2.47. The largest absolute Gasteiger partial charge is 0.445 e. The Labute approximate surface area is 331 Å². The van der Waals surface area contributed by atoms with Crippen molar-refractivity contribution in [1.82, 2.24) is 5.32 Å². The fourth-order valence-electron chi connectivity index (χ4n) is 7.14. The van der Waals surface area contributed by atoms with Crippen molar-refractivity contribution in [3.05, 3.63) is 65.2 Å². The molecular formula is C42H63NO13. The molecule has 2 aromatic rings. The van der Waals surface area contributed by atoms with Crippen LogP contribution in [-0.4, -0.2) is 136 Å². The van der Waals surface area contributed by atoms with Gasteiger partial charge in [-0.1, -0.05) is 62.6 Å². The molecule has 1 fully saturated rings. The van der Waals surface area contributed by atoms with Crippen LogP contribution in [0.5, 0.6) is 5.75 Å². The Morgan fingerprint density at radius 2 is 1.25 bits per heavy atom. The molecule has 1 amide bonds. The van der Waals surface area contributed by atoms with Crippen molar-refractivity contribution < 1.29 is 62.1 Å². The molecule has 0 saturated heterocycles. The lowest BCUT2D eigenvalue weighted by molar-refractivity contribution is -0.140. The molecule has 0 spiro atoms. The molecule has 2 bridgehead atoms. The number of ether oxygens (including phenoxy) is 10. The highest BCUT2D eigenvalue weighted by Gasteiger charge is 2.47. The molecule has 2 aliphatic carbocycles. The molecule has 4 rings (SSSR count). The summed E-state index contributed by atoms with van der Waals surface area (Å²) in [6.07, 6.45) is 5.74. The highest BCUT2D eigenvalue weighted by atomic mass is 16.6. The molecule has 0 heterocycles. The van der Waals surface area contributed by atoms with Crippen molar-refractivity contribution in [3.8, 4) is 5.75 Å². The summed E-state index contributed by atoms with van der Waals surface area (Å²) in [5.74, 6) is 0.279. The van der Waals surface area contributed by atoms with E-state index < -0.39 is 12.1 Å². The Morgan fingerprint density at radius 3 is 1.82 bits per heavy atom. The number of aliphatic hydroxyl groups excluding tert-OH is 1. The molecule has 0 aliphatic heterocycles. The summed E-state index contributed by atoms with van der Waals surface area (Å²) in [6.45, 7) is 8.66. The van der Waals surface area contributed by atoms with E-state index in [1.54, 1.807) is 0 Å². The van der Waals surface area contributed by atoms with Crippen LogP contribution >= 0.6 is 0 Å². The smallest absolute Gasteiger partial charge is 0.407 e. The average molecular weight is 790 g/mol. The number of benzene rings is 2. The number of nitrogens with one attached hydrogen (secondary N) is 1. The zero-order valence-corrected chi connectivity index (χ0v) is 33.1. The van der Waals surface area contributed by atoms with Crippen LogP contribution < -0.4 is 10.1 Å². The summed E-state index contributed by atoms with van der Waals surface area (Å²) < 4.78 is 54.7. The van der Waals surface area contributed by atoms with Gasteiger partial charge in [0.25, 0.3) is 0 Å². The van der Waals surface area contributed by atoms with Crippen molar-refractivity contribution in [2.24, 2.45) is 5.92 Å². The summed E-state index contributed by atoms with van der Waals surface area (Å²) >= 11 is 0. The molecule has 314 valence electrons. The predicted octanol–water partition coefficient (Wildman–Crippen LogP) is 4.41. The van der Waals surface area contributed by atoms with Crippen LogP contribution in [-0.2, 0) is 65.9 Å². The first-order valence-electron chi connectivity index (χ1n) is 20.0. The van der Waals surface area contributed by atoms with Crippen LogP contribution in [0.1, 0.15) is 55.7 Å². The maximum Gasteiger partial charge on any atom is 0.407 e. The summed E-state index contributed by atoms with van der Waals surface area (Å²) in [5, 5.41) is 11.9. The number of amides is 1. The van der Waals surface area contributed by atoms with E-state index in [1.165, 1.54) is 5.56 Å². The number of rotatable bonds is 29. The van der Waals surface area contributed by atoms with Crippen molar-refractivity contribution in [3.63, 3.8) is 0 Å². The van der Waals surface area contributed by atoms with Crippen molar-refractivity contribution in [2.75, 3.05) is 112 Å². The van der Waals surface area contributed by atoms with Gasteiger partial charge in [0.05, 0.1) is 106 Å². The molecule has 14 heteroatoms. The fourth-order valence-corrected chi connectivity index (χ4v) is 7.14. The number of carbonyl (C=O) groups is 2. The summed E-state index contributed by atoms with van der Waals surface area (Å²) in [7, 11) is 0. The Morgan fingerprint density at radius 1 is 0.696 bits per heavy atom. The lowest BCUT2D eigenvalue weighted by Gasteiger charge is -2.49. The Kier molecular flexibility index (Phi) is 22.3. The molecule has 0 unspecified atom stereocenters. The highest BCUT2D eigenvalue weighted by molar-refractivity contribution is 5.74. The minimum atomic E-state index is -0.484. The zero-order chi connectivity index (χ0) is 39.5. The maximum atomic E-state index is 13.1. The van der Waals surface area contributed by atoms with Gasteiger partial charge in [0, 0.05) is 11.5 Å². The lowest BCUT2D eigenvalue weighted by Crippen LogP contribution is -2.57. The second-order valence-electron chi connectivity index (χ2n) is 14.0. The van der Waals surface area contributed by atoms with E-state index in [0.29, 0.717) is 104 Å². The molecule has 0 aromatic heterocycles. The number of hydrogen-bond donors (Lipinski definition) is 2. The standard InChI is InChI=1S/C42H63NO13/c1-42-13-7-3-6-10-36(40(42)43-41(46)55-32-34-8-4-2-5-9-34)30-35-11-12-37(31-38(35)42)56-39(45)33-54-29-28-53-27-26-52-25-24-51-23-22-50-21-20-49-19-18-48-17-16-47-15-14-44/h2,4-5,8-9,11-12,31,36,40,44H,3,6-7,10,13-30,32-33H2,1H3,(H,43,46)/t36-,40-,42+/m0/s1. The molecule has 1 saturated carbocycles. The number of hydrogen-bond acceptors (Lipinski definition) is 13. The molecule has 0 radical (unpaired) electrons. The third kappa shape index (κ3) is 17.1. The molecule has 2 aliphatic rings. The van der Waals surface area contributed by atoms with Gasteiger partial charge in [0.2, 0.25) is 0 Å². The Bertz CT molecular complexity index is 1370. The van der Waals surface area contributed by atoms with Gasteiger partial charge in [-0.3, -0.25) is 0 Å². The maximum absolute atomic E-state index is 13.1. The third-order valence-electron chi connectivity index (χ3n) is 9.88. The van der Waals surface area contributed by atoms with E-state index in [0.717, 1.165) is 49.7 Å². The van der Waals surface area contributed by atoms with Crippen LogP contribution in [0.15, 0.2) is 48.5 Å². The minimum absolute atomic E-state index is 0.0138. The number of esters is 1. The van der Waals surface area contributed by atoms with Crippen LogP contribution in [0.3, 0.4) is 0 Å². The summed E-state index contributed by atoms with van der Waals surface area (Å²) in [4.78, 5) is 25.7. The van der Waals surface area contributed by atoms with Gasteiger partial charge in [-0.05, 0) is 54.0 Å². The van der Waals surface area contributed by atoms with Gasteiger partial charge in [0.15, 0.2) is 0 Å². The first-order valence-corrected chi connectivity index (χ1v) is 20.0. The van der Waals surface area contributed by atoms with E-state index in [4.69, 9.17) is 52.5 Å². The Hall–Kier alpha value is -3.18. The zero-order valence-electron chi connectivity index (χ0n) is 33.1. The SMILES string of the molecule is C[C@@]12CCCCC[C@@H](Cc3ccc(OC(=O)COCCOCCOCCOCCOCCOCCOCCOCCO)cc31)[C@@H]2NC(=O)OCc1ccccc1. The van der Waals surface area contributed by atoms with E-state index in [-0.39, 0.29) is 37.9 Å². The van der Waals surface area contributed by atoms with Crippen LogP contribution in [0.25, 0.3) is 0 Å². The molecule has 56 heavy (non-hydrogen) atoms. The number of fused-ring (bicyclic) bond motifs is 4. The fraction of sp³-hybridized carbons (Fsp3) is 0.667. The van der Waals surface area contributed by atoms with Gasteiger partial charge >= 0.3 is 12.1 Å². The van der Waals surface area contributed by atoms with Crippen molar-refractivity contribution in [2.45, 2.75) is 63.5 Å². The number of aliphatic hydroxyl groups is 1. The van der Waals surface area contributed by atoms with Gasteiger partial charge < -0.3 is 57.8 Å². The topological polar surface area (TPSA) is 159 Å². The van der Waals surface area contributed by atoms with E-state index >= 15 is 0 Å². The van der Waals surface area contributed by atoms with E-state index in [2.05, 4.69) is 18.3 Å². The summed E-state index contributed by atoms with van der Waals surface area (Å²) in [6, 6.07) is 15.5. The van der Waals surface area contributed by atoms with Crippen LogP contribution in [0.4, 0.5) is 4.79 Å². The second kappa shape index (κ2) is 27.5. The lowest BCUT2D eigenvalue weighted by atomic mass is 9.59. The monoisotopic (exact) mass is 789 g/mol. The first kappa shape index (κ1) is 45.5. The van der Waals surface area contributed by atoms with Crippen molar-refractivity contribution in [1.29, 1.82) is 0 Å². The predicted molar refractivity (Wildman–Crippen MR) is 207 cm³/mol. The van der Waals surface area contributed by atoms with Gasteiger partial charge in [-0.25, -0.2) is 9.59 Å². The van der Waals surface area contributed by atoms with Gasteiger partial charge in [-0.2, -0.15) is 0 Å². The second-order valence-corrected chi connectivity index (χ2v) is 14.0. The average Bonchev–Trinajstić information content (AvgIpc) is 3.20. The quantitative estimate of drug-likeness (QED) is 0.0680. The molecule has 3 atom stereocenters. The molecule has 2 aromatic carbocycles. The van der Waals surface area contributed by atoms with E-state index in [9.17, 15) is 9.59 Å². The molecule has 2 N–H and O–H groups in total. The van der Waals surface area contributed by atoms with Gasteiger partial charge in [0.1, 0.15) is 19.0 Å². The van der Waals surface area contributed by atoms with Crippen LogP contribution in [0, 0.1) is 5.92 Å². The number of carbonyl (C=O) groups excluding carboxylic acids is 2. The molecule has 14 nitrogen and oxygen atoms in total.